The van der Waals surface area contributed by atoms with Gasteiger partial charge in [-0.15, -0.1) is 11.3 Å². The zero-order valence-corrected chi connectivity index (χ0v) is 23.5. The Hall–Kier alpha value is -5.18. The number of thiophene rings is 1. The Bertz CT molecular complexity index is 2450. The van der Waals surface area contributed by atoms with Crippen molar-refractivity contribution in [3.05, 3.63) is 146 Å². The molecule has 9 rings (SSSR count). The van der Waals surface area contributed by atoms with Crippen molar-refractivity contribution in [3.8, 4) is 33.4 Å². The average molecular weight is 553 g/mol. The number of benzene rings is 7. The molecule has 42 heavy (non-hydrogen) atoms. The molecule has 1 nitrogen and oxygen atoms in total. The van der Waals surface area contributed by atoms with Crippen molar-refractivity contribution in [1.82, 2.24) is 0 Å². The van der Waals surface area contributed by atoms with Crippen LogP contribution in [0, 0.1) is 0 Å². The Morgan fingerprint density at radius 1 is 0.381 bits per heavy atom. The van der Waals surface area contributed by atoms with E-state index < -0.39 is 0 Å². The topological polar surface area (TPSA) is 13.1 Å². The molecule has 0 saturated carbocycles. The van der Waals surface area contributed by atoms with E-state index in [1.807, 2.05) is 11.3 Å². The zero-order chi connectivity index (χ0) is 27.6. The van der Waals surface area contributed by atoms with E-state index in [0.717, 1.165) is 27.3 Å². The molecule has 9 aromatic rings. The SMILES string of the molecule is c1ccc(-c2ccc3oc4c5ccccc5c(-c5cc(-c6ccccc6)c6sc7ccccc7c6c5)cc4c3c2)cc1. The van der Waals surface area contributed by atoms with Crippen LogP contribution in [0.15, 0.2) is 150 Å². The summed E-state index contributed by atoms with van der Waals surface area (Å²) in [5.41, 5.74) is 9.21. The van der Waals surface area contributed by atoms with Gasteiger partial charge in [0.1, 0.15) is 11.2 Å². The molecule has 0 aliphatic rings. The smallest absolute Gasteiger partial charge is 0.143 e. The highest BCUT2D eigenvalue weighted by atomic mass is 32.1. The summed E-state index contributed by atoms with van der Waals surface area (Å²) in [6.07, 6.45) is 0. The molecule has 0 unspecified atom stereocenters. The molecule has 196 valence electrons. The minimum absolute atomic E-state index is 0.913. The Labute approximate surface area is 246 Å². The van der Waals surface area contributed by atoms with Gasteiger partial charge in [0.25, 0.3) is 0 Å². The Morgan fingerprint density at radius 2 is 1.05 bits per heavy atom. The summed E-state index contributed by atoms with van der Waals surface area (Å²) in [6, 6.07) is 52.5. The van der Waals surface area contributed by atoms with Gasteiger partial charge in [-0.05, 0) is 69.6 Å². The number of furan rings is 1. The molecule has 0 amide bonds. The maximum Gasteiger partial charge on any atom is 0.143 e. The Balaban J connectivity index is 1.38. The van der Waals surface area contributed by atoms with Gasteiger partial charge < -0.3 is 4.42 Å². The molecule has 0 radical (unpaired) electrons. The zero-order valence-electron chi connectivity index (χ0n) is 22.7. The first kappa shape index (κ1) is 23.5. The van der Waals surface area contributed by atoms with Crippen LogP contribution in [0.2, 0.25) is 0 Å². The number of fused-ring (bicyclic) bond motifs is 8. The Morgan fingerprint density at radius 3 is 1.86 bits per heavy atom. The summed E-state index contributed by atoms with van der Waals surface area (Å²) in [5.74, 6) is 0. The lowest BCUT2D eigenvalue weighted by molar-refractivity contribution is 0.673. The maximum atomic E-state index is 6.56. The van der Waals surface area contributed by atoms with E-state index in [0.29, 0.717) is 0 Å². The van der Waals surface area contributed by atoms with E-state index >= 15 is 0 Å². The fourth-order valence-electron chi connectivity index (χ4n) is 6.46. The van der Waals surface area contributed by atoms with Crippen molar-refractivity contribution in [2.75, 3.05) is 0 Å². The second-order valence-electron chi connectivity index (χ2n) is 10.9. The van der Waals surface area contributed by atoms with Crippen molar-refractivity contribution in [3.63, 3.8) is 0 Å². The average Bonchev–Trinajstić information content (AvgIpc) is 3.63. The molecular weight excluding hydrogens is 529 g/mol. The van der Waals surface area contributed by atoms with E-state index in [-0.39, 0.29) is 0 Å². The van der Waals surface area contributed by atoms with Crippen LogP contribution in [0.4, 0.5) is 0 Å². The first-order chi connectivity index (χ1) is 20.8. The third kappa shape index (κ3) is 3.56. The van der Waals surface area contributed by atoms with Gasteiger partial charge in [-0.3, -0.25) is 0 Å². The number of hydrogen-bond acceptors (Lipinski definition) is 2. The van der Waals surface area contributed by atoms with Crippen molar-refractivity contribution in [2.45, 2.75) is 0 Å². The van der Waals surface area contributed by atoms with Crippen LogP contribution in [0.1, 0.15) is 0 Å². The Kier molecular flexibility index (Phi) is 5.13. The van der Waals surface area contributed by atoms with Crippen LogP contribution >= 0.6 is 11.3 Å². The summed E-state index contributed by atoms with van der Waals surface area (Å²) < 4.78 is 9.21. The van der Waals surface area contributed by atoms with Gasteiger partial charge in [-0.2, -0.15) is 0 Å². The van der Waals surface area contributed by atoms with E-state index in [2.05, 4.69) is 146 Å². The lowest BCUT2D eigenvalue weighted by Gasteiger charge is -2.12. The molecule has 0 spiro atoms. The molecule has 0 saturated heterocycles. The predicted octanol–water partition coefficient (Wildman–Crippen LogP) is 12.1. The number of rotatable bonds is 3. The first-order valence-electron chi connectivity index (χ1n) is 14.3. The highest BCUT2D eigenvalue weighted by Crippen LogP contribution is 2.46. The van der Waals surface area contributed by atoms with Gasteiger partial charge in [0.2, 0.25) is 0 Å². The van der Waals surface area contributed by atoms with Crippen molar-refractivity contribution >= 4 is 64.2 Å². The molecule has 0 aliphatic carbocycles. The summed E-state index contributed by atoms with van der Waals surface area (Å²) >= 11 is 1.88. The lowest BCUT2D eigenvalue weighted by Crippen LogP contribution is -1.86. The van der Waals surface area contributed by atoms with Gasteiger partial charge >= 0.3 is 0 Å². The van der Waals surface area contributed by atoms with E-state index in [1.165, 1.54) is 58.9 Å². The molecule has 0 N–H and O–H groups in total. The quantitative estimate of drug-likeness (QED) is 0.212. The largest absolute Gasteiger partial charge is 0.455 e. The molecular formula is C40H24OS. The maximum absolute atomic E-state index is 6.56. The van der Waals surface area contributed by atoms with E-state index in [9.17, 15) is 0 Å². The van der Waals surface area contributed by atoms with Gasteiger partial charge in [-0.1, -0.05) is 109 Å². The summed E-state index contributed by atoms with van der Waals surface area (Å²) in [6.45, 7) is 0. The van der Waals surface area contributed by atoms with Crippen molar-refractivity contribution in [2.24, 2.45) is 0 Å². The third-order valence-corrected chi connectivity index (χ3v) is 9.68. The van der Waals surface area contributed by atoms with E-state index in [1.54, 1.807) is 0 Å². The number of hydrogen-bond donors (Lipinski definition) is 0. The molecule has 0 atom stereocenters. The fraction of sp³-hybridized carbons (Fsp3) is 0. The fourth-order valence-corrected chi connectivity index (χ4v) is 7.68. The highest BCUT2D eigenvalue weighted by molar-refractivity contribution is 7.26. The van der Waals surface area contributed by atoms with Crippen LogP contribution in [-0.4, -0.2) is 0 Å². The predicted molar refractivity (Wildman–Crippen MR) is 180 cm³/mol. The lowest BCUT2D eigenvalue weighted by atomic mass is 9.91. The molecule has 2 heterocycles. The van der Waals surface area contributed by atoms with Crippen LogP contribution in [-0.2, 0) is 0 Å². The summed E-state index contributed by atoms with van der Waals surface area (Å²) in [7, 11) is 0. The molecule has 0 aliphatic heterocycles. The normalized spacial score (nSPS) is 11.8. The summed E-state index contributed by atoms with van der Waals surface area (Å²) in [5, 5.41) is 7.24. The van der Waals surface area contributed by atoms with Gasteiger partial charge in [0.15, 0.2) is 0 Å². The molecule has 2 heteroatoms. The second-order valence-corrected chi connectivity index (χ2v) is 11.9. The highest BCUT2D eigenvalue weighted by Gasteiger charge is 2.18. The van der Waals surface area contributed by atoms with Gasteiger partial charge in [0.05, 0.1) is 0 Å². The van der Waals surface area contributed by atoms with Crippen LogP contribution in [0.3, 0.4) is 0 Å². The van der Waals surface area contributed by atoms with Gasteiger partial charge in [-0.25, -0.2) is 0 Å². The molecule has 0 bridgehead atoms. The molecule has 0 fully saturated rings. The molecule has 2 aromatic heterocycles. The molecule has 7 aromatic carbocycles. The monoisotopic (exact) mass is 552 g/mol. The minimum atomic E-state index is 0.913. The summed E-state index contributed by atoms with van der Waals surface area (Å²) in [4.78, 5) is 0. The van der Waals surface area contributed by atoms with Crippen molar-refractivity contribution in [1.29, 1.82) is 0 Å². The second kappa shape index (κ2) is 9.17. The van der Waals surface area contributed by atoms with Crippen LogP contribution in [0.25, 0.3) is 86.3 Å². The third-order valence-electron chi connectivity index (χ3n) is 8.46. The van der Waals surface area contributed by atoms with Crippen LogP contribution < -0.4 is 0 Å². The first-order valence-corrected chi connectivity index (χ1v) is 15.1. The standard InChI is InChI=1S/C40H24OS/c1-3-11-25(12-4-1)27-19-20-37-34(21-27)35-24-32(29-15-7-8-17-31(29)39(35)41-37)28-22-33(26-13-5-2-6-14-26)40-36(23-28)30-16-9-10-18-38(30)42-40/h1-24H. The van der Waals surface area contributed by atoms with Gasteiger partial charge in [0, 0.05) is 41.9 Å². The van der Waals surface area contributed by atoms with Crippen molar-refractivity contribution < 1.29 is 4.42 Å². The van der Waals surface area contributed by atoms with E-state index in [4.69, 9.17) is 4.42 Å². The minimum Gasteiger partial charge on any atom is -0.455 e. The van der Waals surface area contributed by atoms with Crippen LogP contribution in [0.5, 0.6) is 0 Å².